The fraction of sp³-hybridized carbons (Fsp3) is 0.389. The van der Waals surface area contributed by atoms with Crippen molar-refractivity contribution in [1.29, 1.82) is 5.26 Å². The molecule has 0 saturated heterocycles. The van der Waals surface area contributed by atoms with Crippen molar-refractivity contribution < 1.29 is 4.79 Å². The quantitative estimate of drug-likeness (QED) is 0.655. The Balaban J connectivity index is 1.96. The smallest absolute Gasteiger partial charge is 0.255 e. The van der Waals surface area contributed by atoms with Crippen LogP contribution >= 0.6 is 34.7 Å². The lowest BCUT2D eigenvalue weighted by Crippen LogP contribution is -2.31. The summed E-state index contributed by atoms with van der Waals surface area (Å²) in [7, 11) is 0. The summed E-state index contributed by atoms with van der Waals surface area (Å²) in [4.78, 5) is 20.5. The number of pyridine rings is 1. The largest absolute Gasteiger partial charge is 0.334 e. The number of nitrogens with zero attached hydrogens (tertiary/aromatic N) is 3. The van der Waals surface area contributed by atoms with Gasteiger partial charge >= 0.3 is 0 Å². The third-order valence-corrected chi connectivity index (χ3v) is 6.08. The van der Waals surface area contributed by atoms with E-state index >= 15 is 0 Å². The average molecular weight is 392 g/mol. The van der Waals surface area contributed by atoms with E-state index in [-0.39, 0.29) is 5.91 Å². The molecule has 4 nitrogen and oxygen atoms in total. The number of thioether (sulfide) groups is 1. The highest BCUT2D eigenvalue weighted by Gasteiger charge is 2.29. The number of halogens is 1. The molecule has 0 aromatic carbocycles. The molecule has 2 aromatic heterocycles. The van der Waals surface area contributed by atoms with Crippen molar-refractivity contribution in [3.8, 4) is 6.07 Å². The first-order valence-electron chi connectivity index (χ1n) is 8.09. The fourth-order valence-corrected chi connectivity index (χ4v) is 4.34. The van der Waals surface area contributed by atoms with Crippen molar-refractivity contribution in [3.05, 3.63) is 44.2 Å². The van der Waals surface area contributed by atoms with E-state index < -0.39 is 0 Å². The molecule has 1 fully saturated rings. The lowest BCUT2D eigenvalue weighted by molar-refractivity contribution is 0.0753. The monoisotopic (exact) mass is 391 g/mol. The Morgan fingerprint density at radius 1 is 1.52 bits per heavy atom. The SMILES string of the molecule is CCN(Cc1ccc(Cl)s1)C(=O)c1cc(C2CC2)nc(SC)c1C#N. The number of hydrogen-bond donors (Lipinski definition) is 0. The second kappa shape index (κ2) is 7.77. The molecule has 0 unspecified atom stereocenters. The molecule has 7 heteroatoms. The molecule has 25 heavy (non-hydrogen) atoms. The lowest BCUT2D eigenvalue weighted by Gasteiger charge is -2.21. The number of hydrogen-bond acceptors (Lipinski definition) is 5. The Bertz CT molecular complexity index is 839. The van der Waals surface area contributed by atoms with Gasteiger partial charge in [-0.2, -0.15) is 5.26 Å². The maximum atomic E-state index is 13.1. The van der Waals surface area contributed by atoms with Crippen molar-refractivity contribution in [2.45, 2.75) is 37.3 Å². The Kier molecular flexibility index (Phi) is 5.67. The van der Waals surface area contributed by atoms with Gasteiger partial charge in [0, 0.05) is 23.0 Å². The average Bonchev–Trinajstić information content (AvgIpc) is 3.40. The van der Waals surface area contributed by atoms with Gasteiger partial charge < -0.3 is 4.90 Å². The van der Waals surface area contributed by atoms with Gasteiger partial charge in [0.25, 0.3) is 5.91 Å². The minimum absolute atomic E-state index is 0.122. The minimum Gasteiger partial charge on any atom is -0.334 e. The number of carbonyl (C=O) groups excluding carboxylic acids is 1. The van der Waals surface area contributed by atoms with E-state index in [0.717, 1.165) is 23.4 Å². The summed E-state index contributed by atoms with van der Waals surface area (Å²) in [6, 6.07) is 7.77. The zero-order valence-corrected chi connectivity index (χ0v) is 16.5. The second-order valence-corrected chi connectivity index (χ2v) is 8.48. The van der Waals surface area contributed by atoms with Gasteiger partial charge in [-0.1, -0.05) is 11.6 Å². The highest BCUT2D eigenvalue weighted by molar-refractivity contribution is 7.98. The zero-order chi connectivity index (χ0) is 18.0. The summed E-state index contributed by atoms with van der Waals surface area (Å²) in [5.41, 5.74) is 1.78. The van der Waals surface area contributed by atoms with Crippen molar-refractivity contribution in [1.82, 2.24) is 9.88 Å². The van der Waals surface area contributed by atoms with Crippen LogP contribution in [0.15, 0.2) is 23.2 Å². The number of thiophene rings is 1. The van der Waals surface area contributed by atoms with Crippen molar-refractivity contribution in [2.24, 2.45) is 0 Å². The summed E-state index contributed by atoms with van der Waals surface area (Å²) in [5.74, 6) is 0.305. The lowest BCUT2D eigenvalue weighted by atomic mass is 10.1. The standard InChI is InChI=1S/C18H18ClN3OS2/c1-3-22(10-12-6-7-16(19)25-12)18(23)13-8-15(11-4-5-11)21-17(24-2)14(13)9-20/h6-8,11H,3-5,10H2,1-2H3. The first-order valence-corrected chi connectivity index (χ1v) is 10.5. The Labute approximate surface area is 160 Å². The van der Waals surface area contributed by atoms with Crippen LogP contribution in [-0.4, -0.2) is 28.6 Å². The van der Waals surface area contributed by atoms with Crippen molar-refractivity contribution in [2.75, 3.05) is 12.8 Å². The van der Waals surface area contributed by atoms with E-state index in [1.54, 1.807) is 4.90 Å². The molecule has 0 bridgehead atoms. The minimum atomic E-state index is -0.122. The molecule has 0 N–H and O–H groups in total. The topological polar surface area (TPSA) is 57.0 Å². The van der Waals surface area contributed by atoms with Gasteiger partial charge in [-0.05, 0) is 44.2 Å². The molecule has 1 amide bonds. The van der Waals surface area contributed by atoms with E-state index in [9.17, 15) is 10.1 Å². The zero-order valence-electron chi connectivity index (χ0n) is 14.1. The highest BCUT2D eigenvalue weighted by Crippen LogP contribution is 2.40. The van der Waals surface area contributed by atoms with Crippen LogP contribution < -0.4 is 0 Å². The normalized spacial score (nSPS) is 13.5. The number of nitriles is 1. The van der Waals surface area contributed by atoms with E-state index in [4.69, 9.17) is 11.6 Å². The van der Waals surface area contributed by atoms with Crippen LogP contribution in [0.5, 0.6) is 0 Å². The van der Waals surface area contributed by atoms with E-state index in [1.165, 1.54) is 23.1 Å². The van der Waals surface area contributed by atoms with Crippen LogP contribution in [-0.2, 0) is 6.54 Å². The van der Waals surface area contributed by atoms with E-state index in [1.807, 2.05) is 31.4 Å². The van der Waals surface area contributed by atoms with Crippen LogP contribution in [0.3, 0.4) is 0 Å². The predicted molar refractivity (Wildman–Crippen MR) is 102 cm³/mol. The Morgan fingerprint density at radius 3 is 2.80 bits per heavy atom. The van der Waals surface area contributed by atoms with Gasteiger partial charge in [0.05, 0.1) is 22.0 Å². The molecule has 1 aliphatic carbocycles. The molecule has 3 rings (SSSR count). The summed E-state index contributed by atoms with van der Waals surface area (Å²) in [6.45, 7) is 3.00. The number of amides is 1. The van der Waals surface area contributed by atoms with Crippen LogP contribution in [0.2, 0.25) is 4.34 Å². The Morgan fingerprint density at radius 2 is 2.28 bits per heavy atom. The molecule has 1 saturated carbocycles. The Hall–Kier alpha value is -1.55. The van der Waals surface area contributed by atoms with Gasteiger partial charge in [-0.15, -0.1) is 23.1 Å². The highest BCUT2D eigenvalue weighted by atomic mass is 35.5. The predicted octanol–water partition coefficient (Wildman–Crippen LogP) is 4.93. The van der Waals surface area contributed by atoms with Gasteiger partial charge in [0.2, 0.25) is 0 Å². The fourth-order valence-electron chi connectivity index (χ4n) is 2.68. The van der Waals surface area contributed by atoms with Gasteiger partial charge in [-0.3, -0.25) is 4.79 Å². The molecule has 130 valence electrons. The summed E-state index contributed by atoms with van der Waals surface area (Å²) < 4.78 is 0.709. The van der Waals surface area contributed by atoms with Crippen LogP contribution in [0, 0.1) is 11.3 Å². The molecule has 0 spiro atoms. The number of rotatable bonds is 6. The molecule has 2 aromatic rings. The summed E-state index contributed by atoms with van der Waals surface area (Å²) in [5, 5.41) is 10.2. The molecule has 1 aliphatic rings. The second-order valence-electron chi connectivity index (χ2n) is 5.89. The number of aromatic nitrogens is 1. The molecule has 0 aliphatic heterocycles. The van der Waals surface area contributed by atoms with Gasteiger partial charge in [-0.25, -0.2) is 4.98 Å². The van der Waals surface area contributed by atoms with Gasteiger partial charge in [0.15, 0.2) is 0 Å². The van der Waals surface area contributed by atoms with Crippen molar-refractivity contribution >= 4 is 40.6 Å². The van der Waals surface area contributed by atoms with Gasteiger partial charge in [0.1, 0.15) is 11.1 Å². The van der Waals surface area contributed by atoms with Crippen LogP contribution in [0.25, 0.3) is 0 Å². The molecular weight excluding hydrogens is 374 g/mol. The first-order chi connectivity index (χ1) is 12.1. The molecular formula is C18H18ClN3OS2. The van der Waals surface area contributed by atoms with Crippen LogP contribution in [0.1, 0.15) is 52.2 Å². The van der Waals surface area contributed by atoms with Crippen molar-refractivity contribution in [3.63, 3.8) is 0 Å². The molecule has 0 radical (unpaired) electrons. The molecule has 2 heterocycles. The summed E-state index contributed by atoms with van der Waals surface area (Å²) >= 11 is 8.88. The third kappa shape index (κ3) is 4.00. The van der Waals surface area contributed by atoms with E-state index in [0.29, 0.717) is 39.5 Å². The summed E-state index contributed by atoms with van der Waals surface area (Å²) in [6.07, 6.45) is 4.09. The van der Waals surface area contributed by atoms with Crippen LogP contribution in [0.4, 0.5) is 0 Å². The number of carbonyl (C=O) groups is 1. The first kappa shape index (κ1) is 18.2. The molecule has 0 atom stereocenters. The maximum Gasteiger partial charge on any atom is 0.255 e. The maximum absolute atomic E-state index is 13.1. The third-order valence-electron chi connectivity index (χ3n) is 4.18. The van der Waals surface area contributed by atoms with E-state index in [2.05, 4.69) is 11.1 Å².